The van der Waals surface area contributed by atoms with Crippen LogP contribution >= 0.6 is 0 Å². The van der Waals surface area contributed by atoms with Crippen LogP contribution in [0.1, 0.15) is 22.3 Å². The molecular formula is C24H19NO3. The SMILES string of the molecule is Cc1cccc(C2=N/C(=C\c3ccc(OCc4ccccc4)cc3)C(=O)O2)c1. The van der Waals surface area contributed by atoms with Crippen molar-refractivity contribution in [2.45, 2.75) is 13.5 Å². The van der Waals surface area contributed by atoms with Crippen molar-refractivity contribution in [2.24, 2.45) is 4.99 Å². The predicted molar refractivity (Wildman–Crippen MR) is 109 cm³/mol. The van der Waals surface area contributed by atoms with Crippen LogP contribution in [0.3, 0.4) is 0 Å². The fourth-order valence-corrected chi connectivity index (χ4v) is 2.87. The van der Waals surface area contributed by atoms with E-state index in [1.165, 1.54) is 0 Å². The lowest BCUT2D eigenvalue weighted by Gasteiger charge is -2.06. The van der Waals surface area contributed by atoms with Crippen molar-refractivity contribution in [1.29, 1.82) is 0 Å². The Bertz CT molecular complexity index is 1050. The molecule has 3 aromatic carbocycles. The monoisotopic (exact) mass is 369 g/mol. The minimum Gasteiger partial charge on any atom is -0.489 e. The highest BCUT2D eigenvalue weighted by molar-refractivity contribution is 6.12. The van der Waals surface area contributed by atoms with Gasteiger partial charge in [-0.2, -0.15) is 0 Å². The van der Waals surface area contributed by atoms with Crippen molar-refractivity contribution in [3.63, 3.8) is 0 Å². The predicted octanol–water partition coefficient (Wildman–Crippen LogP) is 4.92. The smallest absolute Gasteiger partial charge is 0.363 e. The molecule has 0 aromatic heterocycles. The van der Waals surface area contributed by atoms with E-state index in [0.717, 1.165) is 28.0 Å². The van der Waals surface area contributed by atoms with Crippen molar-refractivity contribution in [2.75, 3.05) is 0 Å². The summed E-state index contributed by atoms with van der Waals surface area (Å²) in [5, 5.41) is 0. The molecule has 0 saturated heterocycles. The molecule has 4 nitrogen and oxygen atoms in total. The summed E-state index contributed by atoms with van der Waals surface area (Å²) in [5.41, 5.74) is 4.13. The molecule has 0 aliphatic carbocycles. The van der Waals surface area contributed by atoms with E-state index in [1.807, 2.05) is 85.8 Å². The first-order valence-corrected chi connectivity index (χ1v) is 9.04. The maximum Gasteiger partial charge on any atom is 0.363 e. The number of aryl methyl sites for hydroxylation is 1. The maximum absolute atomic E-state index is 12.1. The molecule has 0 atom stereocenters. The zero-order valence-electron chi connectivity index (χ0n) is 15.5. The van der Waals surface area contributed by atoms with Crippen molar-refractivity contribution in [1.82, 2.24) is 0 Å². The van der Waals surface area contributed by atoms with Crippen LogP contribution in [-0.2, 0) is 16.1 Å². The Labute approximate surface area is 163 Å². The molecule has 0 radical (unpaired) electrons. The number of esters is 1. The Morgan fingerprint density at radius 1 is 0.964 bits per heavy atom. The van der Waals surface area contributed by atoms with Gasteiger partial charge in [0.25, 0.3) is 0 Å². The normalized spacial score (nSPS) is 14.7. The average Bonchev–Trinajstić information content (AvgIpc) is 3.09. The number of rotatable bonds is 5. The van der Waals surface area contributed by atoms with Crippen molar-refractivity contribution in [3.8, 4) is 5.75 Å². The molecule has 4 rings (SSSR count). The third kappa shape index (κ3) is 4.18. The molecule has 28 heavy (non-hydrogen) atoms. The zero-order chi connectivity index (χ0) is 19.3. The Hall–Kier alpha value is -3.66. The highest BCUT2D eigenvalue weighted by Gasteiger charge is 2.24. The quantitative estimate of drug-likeness (QED) is 0.474. The van der Waals surface area contributed by atoms with Crippen LogP contribution in [0.4, 0.5) is 0 Å². The van der Waals surface area contributed by atoms with Gasteiger partial charge in [0.15, 0.2) is 5.70 Å². The minimum absolute atomic E-state index is 0.287. The third-order valence-corrected chi connectivity index (χ3v) is 4.32. The molecule has 0 saturated carbocycles. The number of hydrogen-bond acceptors (Lipinski definition) is 4. The van der Waals surface area contributed by atoms with Crippen LogP contribution in [0.15, 0.2) is 89.6 Å². The number of ether oxygens (including phenoxy) is 2. The Morgan fingerprint density at radius 2 is 1.75 bits per heavy atom. The van der Waals surface area contributed by atoms with E-state index in [1.54, 1.807) is 6.08 Å². The van der Waals surface area contributed by atoms with Crippen LogP contribution in [0, 0.1) is 6.92 Å². The van der Waals surface area contributed by atoms with Gasteiger partial charge in [-0.25, -0.2) is 9.79 Å². The standard InChI is InChI=1S/C24H19NO3/c1-17-6-5-9-20(14-17)23-25-22(24(26)28-23)15-18-10-12-21(13-11-18)27-16-19-7-3-2-4-8-19/h2-15H,16H2,1H3/b22-15-. The second-order valence-electron chi connectivity index (χ2n) is 6.55. The molecular weight excluding hydrogens is 350 g/mol. The third-order valence-electron chi connectivity index (χ3n) is 4.32. The number of carbonyl (C=O) groups excluding carboxylic acids is 1. The minimum atomic E-state index is -0.444. The van der Waals surface area contributed by atoms with Gasteiger partial charge in [-0.05, 0) is 48.4 Å². The summed E-state index contributed by atoms with van der Waals surface area (Å²) in [7, 11) is 0. The molecule has 0 amide bonds. The van der Waals surface area contributed by atoms with Gasteiger partial charge in [-0.15, -0.1) is 0 Å². The second kappa shape index (κ2) is 7.92. The van der Waals surface area contributed by atoms with E-state index in [-0.39, 0.29) is 5.70 Å². The van der Waals surface area contributed by atoms with Gasteiger partial charge in [-0.3, -0.25) is 0 Å². The van der Waals surface area contributed by atoms with Crippen LogP contribution in [0.2, 0.25) is 0 Å². The lowest BCUT2D eigenvalue weighted by atomic mass is 10.1. The van der Waals surface area contributed by atoms with Gasteiger partial charge in [0.2, 0.25) is 5.90 Å². The molecule has 3 aromatic rings. The van der Waals surface area contributed by atoms with Crippen LogP contribution in [0.5, 0.6) is 5.75 Å². The van der Waals surface area contributed by atoms with E-state index in [0.29, 0.717) is 12.5 Å². The highest BCUT2D eigenvalue weighted by Crippen LogP contribution is 2.21. The van der Waals surface area contributed by atoms with Gasteiger partial charge in [0.05, 0.1) is 0 Å². The van der Waals surface area contributed by atoms with E-state index >= 15 is 0 Å². The van der Waals surface area contributed by atoms with Gasteiger partial charge >= 0.3 is 5.97 Å². The fraction of sp³-hybridized carbons (Fsp3) is 0.0833. The zero-order valence-corrected chi connectivity index (χ0v) is 15.5. The molecule has 4 heteroatoms. The molecule has 0 bridgehead atoms. The summed E-state index contributed by atoms with van der Waals surface area (Å²) in [6.07, 6.45) is 1.71. The topological polar surface area (TPSA) is 47.9 Å². The summed E-state index contributed by atoms with van der Waals surface area (Å²) in [6, 6.07) is 25.2. The summed E-state index contributed by atoms with van der Waals surface area (Å²) in [5.74, 6) is 0.660. The largest absolute Gasteiger partial charge is 0.489 e. The number of nitrogens with zero attached hydrogens (tertiary/aromatic N) is 1. The fourth-order valence-electron chi connectivity index (χ4n) is 2.87. The van der Waals surface area contributed by atoms with E-state index in [9.17, 15) is 4.79 Å². The van der Waals surface area contributed by atoms with Gasteiger partial charge in [-0.1, -0.05) is 60.2 Å². The van der Waals surface area contributed by atoms with Crippen LogP contribution < -0.4 is 4.74 Å². The molecule has 138 valence electrons. The maximum atomic E-state index is 12.1. The first-order valence-electron chi connectivity index (χ1n) is 9.04. The summed E-state index contributed by atoms with van der Waals surface area (Å²) < 4.78 is 11.1. The van der Waals surface area contributed by atoms with Crippen molar-refractivity contribution in [3.05, 3.63) is 107 Å². The molecule has 1 heterocycles. The highest BCUT2D eigenvalue weighted by atomic mass is 16.6. The number of hydrogen-bond donors (Lipinski definition) is 0. The van der Waals surface area contributed by atoms with Gasteiger partial charge < -0.3 is 9.47 Å². The Kier molecular flexibility index (Phi) is 5.02. The van der Waals surface area contributed by atoms with Gasteiger partial charge in [0.1, 0.15) is 12.4 Å². The van der Waals surface area contributed by atoms with Crippen LogP contribution in [-0.4, -0.2) is 11.9 Å². The Morgan fingerprint density at radius 3 is 2.50 bits per heavy atom. The molecule has 0 unspecified atom stereocenters. The number of carbonyl (C=O) groups is 1. The Balaban J connectivity index is 1.47. The average molecular weight is 369 g/mol. The second-order valence-corrected chi connectivity index (χ2v) is 6.55. The number of cyclic esters (lactones) is 1. The summed E-state index contributed by atoms with van der Waals surface area (Å²) in [4.78, 5) is 16.5. The first-order chi connectivity index (χ1) is 13.7. The van der Waals surface area contributed by atoms with Crippen LogP contribution in [0.25, 0.3) is 6.08 Å². The number of benzene rings is 3. The molecule has 0 N–H and O–H groups in total. The van der Waals surface area contributed by atoms with Gasteiger partial charge in [0, 0.05) is 5.56 Å². The van der Waals surface area contributed by atoms with Crippen molar-refractivity contribution >= 4 is 17.9 Å². The molecule has 1 aliphatic rings. The van der Waals surface area contributed by atoms with E-state index in [4.69, 9.17) is 9.47 Å². The molecule has 0 fully saturated rings. The number of aliphatic imine (C=N–C) groups is 1. The lowest BCUT2D eigenvalue weighted by Crippen LogP contribution is -2.05. The molecule has 0 spiro atoms. The van der Waals surface area contributed by atoms with E-state index < -0.39 is 5.97 Å². The molecule has 1 aliphatic heterocycles. The van der Waals surface area contributed by atoms with E-state index in [2.05, 4.69) is 4.99 Å². The lowest BCUT2D eigenvalue weighted by molar-refractivity contribution is -0.129. The summed E-state index contributed by atoms with van der Waals surface area (Å²) in [6.45, 7) is 2.50. The summed E-state index contributed by atoms with van der Waals surface area (Å²) >= 11 is 0. The van der Waals surface area contributed by atoms with Crippen molar-refractivity contribution < 1.29 is 14.3 Å². The first kappa shape index (κ1) is 17.7.